The standard InChI is InChI=1S/C16H20N2O3/c17-11-16(8-1-9-16)10-14(19)18-13-5-2-12(3-6-13)4-7-15(20)21/h2-7H,1,8-11,17H2,(H,18,19)(H,20,21)/b7-4+. The molecule has 112 valence electrons. The molecule has 4 N–H and O–H groups in total. The molecular formula is C16H20N2O3. The summed E-state index contributed by atoms with van der Waals surface area (Å²) in [4.78, 5) is 22.4. The lowest BCUT2D eigenvalue weighted by molar-refractivity contribution is -0.131. The first-order valence-electron chi connectivity index (χ1n) is 7.04. The molecule has 1 saturated carbocycles. The zero-order chi connectivity index (χ0) is 15.3. The minimum atomic E-state index is -0.986. The lowest BCUT2D eigenvalue weighted by Crippen LogP contribution is -2.40. The second-order valence-corrected chi connectivity index (χ2v) is 5.58. The van der Waals surface area contributed by atoms with Crippen molar-refractivity contribution in [2.45, 2.75) is 25.7 Å². The molecule has 1 aliphatic carbocycles. The van der Waals surface area contributed by atoms with Crippen LogP contribution in [-0.2, 0) is 9.59 Å². The quantitative estimate of drug-likeness (QED) is 0.700. The summed E-state index contributed by atoms with van der Waals surface area (Å²) < 4.78 is 0. The van der Waals surface area contributed by atoms with Gasteiger partial charge in [0.1, 0.15) is 0 Å². The second kappa shape index (κ2) is 6.54. The SMILES string of the molecule is NCC1(CC(=O)Nc2ccc(/C=C/C(=O)O)cc2)CCC1. The molecule has 0 radical (unpaired) electrons. The zero-order valence-corrected chi connectivity index (χ0v) is 11.8. The Labute approximate surface area is 123 Å². The first-order chi connectivity index (χ1) is 10.0. The van der Waals surface area contributed by atoms with Crippen LogP contribution in [0.1, 0.15) is 31.2 Å². The largest absolute Gasteiger partial charge is 0.478 e. The topological polar surface area (TPSA) is 92.4 Å². The lowest BCUT2D eigenvalue weighted by atomic mass is 9.66. The Morgan fingerprint density at radius 2 is 1.95 bits per heavy atom. The first-order valence-corrected chi connectivity index (χ1v) is 7.04. The highest BCUT2D eigenvalue weighted by atomic mass is 16.4. The average Bonchev–Trinajstić information content (AvgIpc) is 2.42. The van der Waals surface area contributed by atoms with E-state index < -0.39 is 5.97 Å². The van der Waals surface area contributed by atoms with Gasteiger partial charge in [-0.25, -0.2) is 4.79 Å². The molecule has 2 rings (SSSR count). The Kier molecular flexibility index (Phi) is 4.75. The second-order valence-electron chi connectivity index (χ2n) is 5.58. The van der Waals surface area contributed by atoms with E-state index in [2.05, 4.69) is 5.32 Å². The van der Waals surface area contributed by atoms with E-state index in [-0.39, 0.29) is 11.3 Å². The van der Waals surface area contributed by atoms with Gasteiger partial charge >= 0.3 is 5.97 Å². The van der Waals surface area contributed by atoms with Crippen molar-refractivity contribution in [1.82, 2.24) is 0 Å². The van der Waals surface area contributed by atoms with E-state index in [4.69, 9.17) is 10.8 Å². The van der Waals surface area contributed by atoms with Crippen molar-refractivity contribution >= 4 is 23.6 Å². The maximum atomic E-state index is 12.0. The van der Waals surface area contributed by atoms with E-state index in [1.807, 2.05) is 0 Å². The third-order valence-corrected chi connectivity index (χ3v) is 4.00. The fourth-order valence-electron chi connectivity index (χ4n) is 2.52. The molecule has 0 heterocycles. The van der Waals surface area contributed by atoms with Gasteiger partial charge in [0.15, 0.2) is 0 Å². The Bertz CT molecular complexity index is 540. The van der Waals surface area contributed by atoms with E-state index in [0.29, 0.717) is 18.7 Å². The summed E-state index contributed by atoms with van der Waals surface area (Å²) in [6.45, 7) is 0.555. The maximum Gasteiger partial charge on any atom is 0.328 e. The molecule has 1 fully saturated rings. The normalized spacial score (nSPS) is 16.4. The van der Waals surface area contributed by atoms with Gasteiger partial charge in [0, 0.05) is 18.2 Å². The van der Waals surface area contributed by atoms with Crippen LogP contribution < -0.4 is 11.1 Å². The first kappa shape index (κ1) is 15.3. The predicted molar refractivity (Wildman–Crippen MR) is 81.7 cm³/mol. The molecule has 0 bridgehead atoms. The molecule has 1 aromatic rings. The summed E-state index contributed by atoms with van der Waals surface area (Å²) in [6, 6.07) is 7.04. The minimum Gasteiger partial charge on any atom is -0.478 e. The highest BCUT2D eigenvalue weighted by Gasteiger charge is 2.37. The van der Waals surface area contributed by atoms with E-state index in [1.54, 1.807) is 24.3 Å². The van der Waals surface area contributed by atoms with Crippen LogP contribution in [0.4, 0.5) is 5.69 Å². The average molecular weight is 288 g/mol. The smallest absolute Gasteiger partial charge is 0.328 e. The monoisotopic (exact) mass is 288 g/mol. The van der Waals surface area contributed by atoms with Crippen molar-refractivity contribution in [3.05, 3.63) is 35.9 Å². The third kappa shape index (κ3) is 4.16. The van der Waals surface area contributed by atoms with Crippen LogP contribution in [0.5, 0.6) is 0 Å². The van der Waals surface area contributed by atoms with E-state index in [0.717, 1.165) is 30.9 Å². The number of carbonyl (C=O) groups is 2. The molecule has 1 aliphatic rings. The van der Waals surface area contributed by atoms with Gasteiger partial charge in [-0.3, -0.25) is 4.79 Å². The summed E-state index contributed by atoms with van der Waals surface area (Å²) in [5.41, 5.74) is 7.23. The van der Waals surface area contributed by atoms with Crippen molar-refractivity contribution in [3.8, 4) is 0 Å². The Morgan fingerprint density at radius 1 is 1.29 bits per heavy atom. The molecule has 0 unspecified atom stereocenters. The lowest BCUT2D eigenvalue weighted by Gasteiger charge is -2.40. The molecule has 0 spiro atoms. The van der Waals surface area contributed by atoms with Crippen LogP contribution in [0.3, 0.4) is 0 Å². The molecule has 0 aromatic heterocycles. The van der Waals surface area contributed by atoms with E-state index in [1.165, 1.54) is 6.08 Å². The Hall–Kier alpha value is -2.14. The molecular weight excluding hydrogens is 268 g/mol. The van der Waals surface area contributed by atoms with Crippen LogP contribution in [0.15, 0.2) is 30.3 Å². The highest BCUT2D eigenvalue weighted by molar-refractivity contribution is 5.91. The zero-order valence-electron chi connectivity index (χ0n) is 11.8. The van der Waals surface area contributed by atoms with E-state index >= 15 is 0 Å². The number of carbonyl (C=O) groups excluding carboxylic acids is 1. The summed E-state index contributed by atoms with van der Waals surface area (Å²) in [7, 11) is 0. The number of rotatable bonds is 6. The molecule has 1 amide bonds. The molecule has 0 atom stereocenters. The molecule has 21 heavy (non-hydrogen) atoms. The number of carboxylic acid groups (broad SMARTS) is 1. The van der Waals surface area contributed by atoms with Crippen LogP contribution in [0.2, 0.25) is 0 Å². The van der Waals surface area contributed by atoms with Gasteiger partial charge in [-0.15, -0.1) is 0 Å². The predicted octanol–water partition coefficient (Wildman–Crippen LogP) is 2.24. The summed E-state index contributed by atoms with van der Waals surface area (Å²) in [5.74, 6) is -1.01. The van der Waals surface area contributed by atoms with Crippen molar-refractivity contribution in [3.63, 3.8) is 0 Å². The number of anilines is 1. The number of hydrogen-bond donors (Lipinski definition) is 3. The van der Waals surface area contributed by atoms with Crippen molar-refractivity contribution in [2.75, 3.05) is 11.9 Å². The fraction of sp³-hybridized carbons (Fsp3) is 0.375. The summed E-state index contributed by atoms with van der Waals surface area (Å²) in [5, 5.41) is 11.4. The van der Waals surface area contributed by atoms with Crippen molar-refractivity contribution in [1.29, 1.82) is 0 Å². The van der Waals surface area contributed by atoms with Crippen LogP contribution in [-0.4, -0.2) is 23.5 Å². The number of aliphatic carboxylic acids is 1. The van der Waals surface area contributed by atoms with Gasteiger partial charge in [-0.1, -0.05) is 18.6 Å². The van der Waals surface area contributed by atoms with Crippen LogP contribution >= 0.6 is 0 Å². The molecule has 5 nitrogen and oxygen atoms in total. The van der Waals surface area contributed by atoms with Crippen LogP contribution in [0.25, 0.3) is 6.08 Å². The number of carboxylic acids is 1. The number of nitrogens with two attached hydrogens (primary N) is 1. The van der Waals surface area contributed by atoms with Gasteiger partial charge in [0.05, 0.1) is 0 Å². The summed E-state index contributed by atoms with van der Waals surface area (Å²) in [6.07, 6.45) is 6.24. The van der Waals surface area contributed by atoms with Gasteiger partial charge in [-0.05, 0) is 48.6 Å². The van der Waals surface area contributed by atoms with Gasteiger partial charge in [0.25, 0.3) is 0 Å². The van der Waals surface area contributed by atoms with Gasteiger partial charge in [0.2, 0.25) is 5.91 Å². The Morgan fingerprint density at radius 3 is 2.43 bits per heavy atom. The molecule has 5 heteroatoms. The minimum absolute atomic E-state index is 0.00571. The number of hydrogen-bond acceptors (Lipinski definition) is 3. The third-order valence-electron chi connectivity index (χ3n) is 4.00. The highest BCUT2D eigenvalue weighted by Crippen LogP contribution is 2.43. The molecule has 0 aliphatic heterocycles. The number of nitrogens with one attached hydrogen (secondary N) is 1. The molecule has 1 aromatic carbocycles. The molecule has 0 saturated heterocycles. The fourth-order valence-corrected chi connectivity index (χ4v) is 2.52. The number of benzene rings is 1. The van der Waals surface area contributed by atoms with Crippen LogP contribution in [0, 0.1) is 5.41 Å². The summed E-state index contributed by atoms with van der Waals surface area (Å²) >= 11 is 0. The number of amides is 1. The van der Waals surface area contributed by atoms with Crippen molar-refractivity contribution < 1.29 is 14.7 Å². The van der Waals surface area contributed by atoms with Crippen molar-refractivity contribution in [2.24, 2.45) is 11.1 Å². The van der Waals surface area contributed by atoms with E-state index in [9.17, 15) is 9.59 Å². The Balaban J connectivity index is 1.91. The van der Waals surface area contributed by atoms with Gasteiger partial charge in [-0.2, -0.15) is 0 Å². The van der Waals surface area contributed by atoms with Gasteiger partial charge < -0.3 is 16.2 Å². The maximum absolute atomic E-state index is 12.0.